The average Bonchev–Trinajstić information content (AvgIpc) is 2.87. The number of hydrogen-bond donors (Lipinski definition) is 0. The van der Waals surface area contributed by atoms with E-state index < -0.39 is 11.8 Å². The quantitative estimate of drug-likeness (QED) is 0.599. The van der Waals surface area contributed by atoms with Gasteiger partial charge in [0, 0.05) is 17.0 Å². The molecule has 0 bridgehead atoms. The zero-order chi connectivity index (χ0) is 15.6. The normalized spacial score (nSPS) is 10.5. The van der Waals surface area contributed by atoms with Gasteiger partial charge in [-0.3, -0.25) is 4.79 Å². The van der Waals surface area contributed by atoms with Crippen molar-refractivity contribution in [2.75, 3.05) is 6.61 Å². The van der Waals surface area contributed by atoms with Gasteiger partial charge in [-0.2, -0.15) is 0 Å². The largest absolute Gasteiger partial charge is 0.461 e. The lowest BCUT2D eigenvalue weighted by atomic mass is 10.2. The number of nitrogens with zero attached hydrogens (tertiary/aromatic N) is 1. The first-order valence-electron chi connectivity index (χ1n) is 6.08. The van der Waals surface area contributed by atoms with Crippen LogP contribution in [0.25, 0.3) is 10.6 Å². The molecule has 0 saturated carbocycles. The molecule has 2 aromatic rings. The molecule has 0 aliphatic rings. The molecule has 0 saturated heterocycles. The van der Waals surface area contributed by atoms with Crippen molar-refractivity contribution >= 4 is 39.0 Å². The van der Waals surface area contributed by atoms with Crippen molar-refractivity contribution in [2.45, 2.75) is 13.8 Å². The molecular formula is C14H11BrFNO3S. The Morgan fingerprint density at radius 1 is 1.43 bits per heavy atom. The van der Waals surface area contributed by atoms with E-state index in [0.29, 0.717) is 15.0 Å². The number of aromatic nitrogens is 1. The highest BCUT2D eigenvalue weighted by Crippen LogP contribution is 2.34. The summed E-state index contributed by atoms with van der Waals surface area (Å²) < 4.78 is 18.9. The van der Waals surface area contributed by atoms with E-state index in [2.05, 4.69) is 20.9 Å². The van der Waals surface area contributed by atoms with Gasteiger partial charge in [-0.25, -0.2) is 14.2 Å². The maximum absolute atomic E-state index is 13.4. The molecule has 0 fully saturated rings. The Morgan fingerprint density at radius 2 is 2.14 bits per heavy atom. The number of esters is 1. The van der Waals surface area contributed by atoms with Gasteiger partial charge in [0.25, 0.3) is 0 Å². The lowest BCUT2D eigenvalue weighted by molar-refractivity contribution is 0.0517. The van der Waals surface area contributed by atoms with E-state index in [1.807, 2.05) is 0 Å². The first-order chi connectivity index (χ1) is 9.93. The van der Waals surface area contributed by atoms with Crippen molar-refractivity contribution in [3.63, 3.8) is 0 Å². The molecule has 0 aliphatic carbocycles. The summed E-state index contributed by atoms with van der Waals surface area (Å²) in [5.74, 6) is -1.36. The molecule has 2 rings (SSSR count). The molecular weight excluding hydrogens is 361 g/mol. The number of halogens is 2. The highest BCUT2D eigenvalue weighted by molar-refractivity contribution is 9.10. The molecule has 1 aromatic carbocycles. The molecule has 0 unspecified atom stereocenters. The van der Waals surface area contributed by atoms with Gasteiger partial charge in [0.2, 0.25) is 0 Å². The van der Waals surface area contributed by atoms with Crippen molar-refractivity contribution in [3.8, 4) is 10.6 Å². The monoisotopic (exact) mass is 371 g/mol. The maximum Gasteiger partial charge on any atom is 0.358 e. The van der Waals surface area contributed by atoms with E-state index in [0.717, 1.165) is 11.3 Å². The maximum atomic E-state index is 13.4. The Labute approximate surface area is 133 Å². The molecule has 21 heavy (non-hydrogen) atoms. The highest BCUT2D eigenvalue weighted by Gasteiger charge is 2.23. The van der Waals surface area contributed by atoms with E-state index in [4.69, 9.17) is 4.74 Å². The predicted octanol–water partition coefficient (Wildman–Crippen LogP) is 4.09. The fraction of sp³-hybridized carbons (Fsp3) is 0.214. The van der Waals surface area contributed by atoms with Crippen LogP contribution in [0.1, 0.15) is 34.0 Å². The second-order valence-electron chi connectivity index (χ2n) is 4.10. The Hall–Kier alpha value is -1.60. The van der Waals surface area contributed by atoms with Crippen LogP contribution in [0.3, 0.4) is 0 Å². The zero-order valence-corrected chi connectivity index (χ0v) is 13.7. The molecule has 0 atom stereocenters. The Balaban J connectivity index is 2.56. The zero-order valence-electron chi connectivity index (χ0n) is 11.3. The minimum atomic E-state index is -0.655. The van der Waals surface area contributed by atoms with Gasteiger partial charge in [0.05, 0.1) is 6.61 Å². The molecule has 0 radical (unpaired) electrons. The second kappa shape index (κ2) is 6.44. The van der Waals surface area contributed by atoms with Crippen LogP contribution < -0.4 is 0 Å². The van der Waals surface area contributed by atoms with E-state index in [1.165, 1.54) is 19.1 Å². The van der Waals surface area contributed by atoms with Crippen LogP contribution in [0.15, 0.2) is 22.7 Å². The van der Waals surface area contributed by atoms with Crippen molar-refractivity contribution in [3.05, 3.63) is 39.1 Å². The van der Waals surface area contributed by atoms with Crippen molar-refractivity contribution in [1.29, 1.82) is 0 Å². The number of hydrogen-bond acceptors (Lipinski definition) is 5. The summed E-state index contributed by atoms with van der Waals surface area (Å²) in [6, 6.07) is 4.14. The summed E-state index contributed by atoms with van der Waals surface area (Å²) in [7, 11) is 0. The fourth-order valence-corrected chi connectivity index (χ4v) is 3.22. The first kappa shape index (κ1) is 15.8. The third-order valence-electron chi connectivity index (χ3n) is 2.57. The lowest BCUT2D eigenvalue weighted by Gasteiger charge is -2.00. The molecule has 1 aromatic heterocycles. The van der Waals surface area contributed by atoms with Gasteiger partial charge in [0.15, 0.2) is 11.5 Å². The van der Waals surface area contributed by atoms with Crippen LogP contribution in [-0.2, 0) is 4.74 Å². The number of Topliss-reactive ketones (excluding diaryl/α,β-unsaturated/α-hetero) is 1. The molecule has 0 amide bonds. The summed E-state index contributed by atoms with van der Waals surface area (Å²) in [6.07, 6.45) is 0. The number of carbonyl (C=O) groups is 2. The van der Waals surface area contributed by atoms with Gasteiger partial charge in [-0.1, -0.05) is 15.9 Å². The minimum Gasteiger partial charge on any atom is -0.461 e. The summed E-state index contributed by atoms with van der Waals surface area (Å²) in [5, 5.41) is 0.384. The number of benzene rings is 1. The molecule has 110 valence electrons. The Morgan fingerprint density at radius 3 is 2.76 bits per heavy atom. The average molecular weight is 372 g/mol. The number of ketones is 1. The number of thiazole rings is 1. The molecule has 7 heteroatoms. The van der Waals surface area contributed by atoms with Crippen LogP contribution >= 0.6 is 27.3 Å². The first-order valence-corrected chi connectivity index (χ1v) is 7.69. The fourth-order valence-electron chi connectivity index (χ4n) is 1.67. The summed E-state index contributed by atoms with van der Waals surface area (Å²) in [5.41, 5.74) is 0.457. The summed E-state index contributed by atoms with van der Waals surface area (Å²) >= 11 is 4.34. The molecule has 1 heterocycles. The van der Waals surface area contributed by atoms with Gasteiger partial charge in [0.1, 0.15) is 15.7 Å². The molecule has 0 N–H and O–H groups in total. The summed E-state index contributed by atoms with van der Waals surface area (Å²) in [4.78, 5) is 27.9. The Kier molecular flexibility index (Phi) is 4.84. The van der Waals surface area contributed by atoms with Gasteiger partial charge in [-0.05, 0) is 25.1 Å². The number of ether oxygens (including phenoxy) is 1. The van der Waals surface area contributed by atoms with Gasteiger partial charge < -0.3 is 4.74 Å². The third kappa shape index (κ3) is 3.36. The third-order valence-corrected chi connectivity index (χ3v) is 4.46. The van der Waals surface area contributed by atoms with Crippen LogP contribution in [-0.4, -0.2) is 23.3 Å². The van der Waals surface area contributed by atoms with E-state index in [-0.39, 0.29) is 23.0 Å². The summed E-state index contributed by atoms with van der Waals surface area (Å²) in [6.45, 7) is 3.20. The molecule has 0 spiro atoms. The van der Waals surface area contributed by atoms with E-state index in [9.17, 15) is 14.0 Å². The standard InChI is InChI=1S/C14H11BrFNO3S/c1-3-20-14(19)11-12(7(2)18)21-13(17-11)9-6-8(16)4-5-10(9)15/h4-6H,3H2,1-2H3. The lowest BCUT2D eigenvalue weighted by Crippen LogP contribution is -2.09. The highest BCUT2D eigenvalue weighted by atomic mass is 79.9. The predicted molar refractivity (Wildman–Crippen MR) is 81.2 cm³/mol. The number of carbonyl (C=O) groups excluding carboxylic acids is 2. The molecule has 0 aliphatic heterocycles. The van der Waals surface area contributed by atoms with Crippen molar-refractivity contribution < 1.29 is 18.7 Å². The number of rotatable bonds is 4. The second-order valence-corrected chi connectivity index (χ2v) is 5.95. The van der Waals surface area contributed by atoms with E-state index in [1.54, 1.807) is 13.0 Å². The van der Waals surface area contributed by atoms with Crippen LogP contribution in [0.5, 0.6) is 0 Å². The topological polar surface area (TPSA) is 56.3 Å². The van der Waals surface area contributed by atoms with Crippen LogP contribution in [0, 0.1) is 5.82 Å². The van der Waals surface area contributed by atoms with Gasteiger partial charge >= 0.3 is 5.97 Å². The molecule has 4 nitrogen and oxygen atoms in total. The Bertz CT molecular complexity index is 714. The van der Waals surface area contributed by atoms with Crippen LogP contribution in [0.2, 0.25) is 0 Å². The smallest absolute Gasteiger partial charge is 0.358 e. The van der Waals surface area contributed by atoms with Crippen molar-refractivity contribution in [1.82, 2.24) is 4.98 Å². The minimum absolute atomic E-state index is 0.0273. The van der Waals surface area contributed by atoms with Gasteiger partial charge in [-0.15, -0.1) is 11.3 Å². The van der Waals surface area contributed by atoms with Crippen LogP contribution in [0.4, 0.5) is 4.39 Å². The SMILES string of the molecule is CCOC(=O)c1nc(-c2cc(F)ccc2Br)sc1C(C)=O. The van der Waals surface area contributed by atoms with E-state index >= 15 is 0 Å². The van der Waals surface area contributed by atoms with Crippen molar-refractivity contribution in [2.24, 2.45) is 0 Å².